The van der Waals surface area contributed by atoms with Gasteiger partial charge < -0.3 is 9.80 Å². The molecule has 0 radical (unpaired) electrons. The minimum Gasteiger partial charge on any atom is -0.311 e. The molecule has 9 aromatic carbocycles. The van der Waals surface area contributed by atoms with E-state index in [1.54, 1.807) is 0 Å². The number of aromatic nitrogens is 1. The first-order valence-corrected chi connectivity index (χ1v) is 31.6. The summed E-state index contributed by atoms with van der Waals surface area (Å²) >= 11 is 0. The molecule has 2 aliphatic heterocycles. The SMILES string of the molecule is CC(C)(C)c1cc(-c2cc(-c3cc(C(C)(C)C)cc(C(C)(C)C)c3)nc(-c3cc4c5c(c3)N(c3ccc(-c6ccccc6)cc3)c3cc(C(C)(C)C)ccc3B5c3ccc(C(C)(C)C)cc3N4c3ccc(-c4ccccc4)cc3)c2)cc(C(C)(C)C)c1. The van der Waals surface area contributed by atoms with E-state index >= 15 is 0 Å². The van der Waals surface area contributed by atoms with Crippen molar-refractivity contribution in [2.75, 3.05) is 9.80 Å². The third kappa shape index (κ3) is 11.4. The van der Waals surface area contributed by atoms with E-state index in [1.165, 1.54) is 89.0 Å². The van der Waals surface area contributed by atoms with E-state index in [1.807, 2.05) is 0 Å². The second kappa shape index (κ2) is 21.3. The van der Waals surface area contributed by atoms with Crippen LogP contribution in [0.1, 0.15) is 158 Å². The molecule has 10 aromatic rings. The Morgan fingerprint density at radius 1 is 0.253 bits per heavy atom. The van der Waals surface area contributed by atoms with Crippen LogP contribution >= 0.6 is 0 Å². The highest BCUT2D eigenvalue weighted by Crippen LogP contribution is 2.49. The summed E-state index contributed by atoms with van der Waals surface area (Å²) in [6.45, 7) is 42.0. The van der Waals surface area contributed by atoms with Gasteiger partial charge in [-0.25, -0.2) is 4.98 Å². The van der Waals surface area contributed by atoms with Crippen molar-refractivity contribution >= 4 is 57.2 Å². The van der Waals surface area contributed by atoms with Crippen LogP contribution in [0.4, 0.5) is 34.1 Å². The summed E-state index contributed by atoms with van der Waals surface area (Å²) in [5.41, 5.74) is 29.3. The lowest BCUT2D eigenvalue weighted by molar-refractivity contribution is 0.568. The van der Waals surface area contributed by atoms with Crippen LogP contribution in [0.5, 0.6) is 0 Å². The smallest absolute Gasteiger partial charge is 0.252 e. The van der Waals surface area contributed by atoms with E-state index < -0.39 is 0 Å². The van der Waals surface area contributed by atoms with Crippen molar-refractivity contribution in [1.82, 2.24) is 4.98 Å². The molecule has 0 aliphatic carbocycles. The van der Waals surface area contributed by atoms with Crippen LogP contribution in [-0.2, 0) is 32.5 Å². The van der Waals surface area contributed by atoms with E-state index in [0.717, 1.165) is 50.8 Å². The van der Waals surface area contributed by atoms with Crippen LogP contribution in [0.15, 0.2) is 206 Å². The van der Waals surface area contributed by atoms with E-state index in [-0.39, 0.29) is 39.2 Å². The van der Waals surface area contributed by atoms with Crippen molar-refractivity contribution in [2.45, 2.75) is 157 Å². The Morgan fingerprint density at radius 3 is 0.908 bits per heavy atom. The third-order valence-electron chi connectivity index (χ3n) is 18.3. The van der Waals surface area contributed by atoms with Crippen molar-refractivity contribution in [3.05, 3.63) is 240 Å². The van der Waals surface area contributed by atoms with Crippen molar-refractivity contribution in [1.29, 1.82) is 0 Å². The maximum atomic E-state index is 5.98. The molecule has 0 fully saturated rings. The highest BCUT2D eigenvalue weighted by molar-refractivity contribution is 7.00. The Kier molecular flexibility index (Phi) is 14.5. The van der Waals surface area contributed by atoms with Gasteiger partial charge in [-0.1, -0.05) is 258 Å². The van der Waals surface area contributed by atoms with Gasteiger partial charge in [-0.2, -0.15) is 0 Å². The van der Waals surface area contributed by atoms with Crippen LogP contribution in [-0.4, -0.2) is 11.7 Å². The zero-order valence-corrected chi connectivity index (χ0v) is 55.0. The summed E-state index contributed by atoms with van der Waals surface area (Å²) < 4.78 is 0. The number of hydrogen-bond donors (Lipinski definition) is 0. The molecule has 2 aliphatic rings. The van der Waals surface area contributed by atoms with Crippen LogP contribution in [0.25, 0.3) is 55.9 Å². The number of anilines is 6. The second-order valence-electron chi connectivity index (χ2n) is 31.1. The number of fused-ring (bicyclic) bond motifs is 4. The van der Waals surface area contributed by atoms with E-state index in [0.29, 0.717) is 0 Å². The predicted molar refractivity (Wildman–Crippen MR) is 378 cm³/mol. The first kappa shape index (κ1) is 59.1. The molecule has 0 bridgehead atoms. The normalized spacial score (nSPS) is 13.6. The molecule has 0 unspecified atom stereocenters. The zero-order valence-electron chi connectivity index (χ0n) is 55.0. The number of pyridine rings is 1. The molecular formula is C83H88BN3. The standard InChI is InChI=1S/C83H88BN3/c1-78(2,3)61-33-39-69-73(51-61)86(67-35-29-55(30-36-67)53-25-21-19-22-26-53)75-47-60(48-76-77(75)84(69)70-40-34-62(79(4,5)6)52-74(70)87(76)68-37-31-56(32-38-68)54-27-23-20-24-28-54)72-46-58(57-41-63(80(7,8)9)49-64(42-57)81(10,11)12)45-71(85-72)59-43-65(82(13,14)15)50-66(44-59)83(16,17)18/h19-52H,1-18H3. The van der Waals surface area contributed by atoms with Crippen LogP contribution in [0, 0.1) is 0 Å². The first-order valence-electron chi connectivity index (χ1n) is 31.6. The van der Waals surface area contributed by atoms with E-state index in [9.17, 15) is 0 Å². The van der Waals surface area contributed by atoms with Gasteiger partial charge in [0.1, 0.15) is 0 Å². The monoisotopic (exact) mass is 1140 g/mol. The molecule has 0 spiro atoms. The summed E-state index contributed by atoms with van der Waals surface area (Å²) in [6.07, 6.45) is 0. The number of nitrogens with zero attached hydrogens (tertiary/aromatic N) is 3. The van der Waals surface area contributed by atoms with Gasteiger partial charge in [0.25, 0.3) is 6.71 Å². The average Bonchev–Trinajstić information content (AvgIpc) is 0.726. The second-order valence-corrected chi connectivity index (χ2v) is 31.1. The minimum absolute atomic E-state index is 0.0708. The number of benzene rings is 9. The highest BCUT2D eigenvalue weighted by Gasteiger charge is 2.45. The minimum atomic E-state index is -0.102. The summed E-state index contributed by atoms with van der Waals surface area (Å²) in [5.74, 6) is 0. The Balaban J connectivity index is 1.21. The van der Waals surface area contributed by atoms with Crippen LogP contribution in [0.3, 0.4) is 0 Å². The lowest BCUT2D eigenvalue weighted by atomic mass is 9.33. The predicted octanol–water partition coefficient (Wildman–Crippen LogP) is 21.3. The quantitative estimate of drug-likeness (QED) is 0.148. The lowest BCUT2D eigenvalue weighted by Gasteiger charge is -2.45. The van der Waals surface area contributed by atoms with Gasteiger partial charge in [0.05, 0.1) is 11.4 Å². The number of hydrogen-bond acceptors (Lipinski definition) is 3. The topological polar surface area (TPSA) is 19.4 Å². The van der Waals surface area contributed by atoms with Gasteiger partial charge in [-0.05, 0) is 188 Å². The summed E-state index contributed by atoms with van der Waals surface area (Å²) in [5, 5.41) is 0. The molecule has 438 valence electrons. The maximum Gasteiger partial charge on any atom is 0.252 e. The Hall–Kier alpha value is -8.21. The molecule has 1 aromatic heterocycles. The van der Waals surface area contributed by atoms with Crippen molar-refractivity contribution in [2.24, 2.45) is 0 Å². The van der Waals surface area contributed by atoms with E-state index in [2.05, 4.69) is 341 Å². The largest absolute Gasteiger partial charge is 0.311 e. The summed E-state index contributed by atoms with van der Waals surface area (Å²) in [6, 6.07) is 79.1. The first-order chi connectivity index (χ1) is 40.9. The molecule has 3 heterocycles. The molecule has 3 nitrogen and oxygen atoms in total. The average molecular weight is 1140 g/mol. The molecule has 0 saturated heterocycles. The van der Waals surface area contributed by atoms with Gasteiger partial charge in [0.2, 0.25) is 0 Å². The molecule has 0 saturated carbocycles. The summed E-state index contributed by atoms with van der Waals surface area (Å²) in [4.78, 5) is 11.1. The van der Waals surface area contributed by atoms with Gasteiger partial charge in [0, 0.05) is 45.3 Å². The molecule has 0 atom stereocenters. The fraction of sp³-hybridized carbons (Fsp3) is 0.289. The Labute approximate surface area is 521 Å². The van der Waals surface area contributed by atoms with Gasteiger partial charge >= 0.3 is 0 Å². The lowest BCUT2D eigenvalue weighted by Crippen LogP contribution is -2.61. The van der Waals surface area contributed by atoms with Gasteiger partial charge in [0.15, 0.2) is 0 Å². The molecule has 0 N–H and O–H groups in total. The molecule has 87 heavy (non-hydrogen) atoms. The van der Waals surface area contributed by atoms with Crippen LogP contribution in [0.2, 0.25) is 0 Å². The molecule has 4 heteroatoms. The molecule has 0 amide bonds. The van der Waals surface area contributed by atoms with Crippen molar-refractivity contribution < 1.29 is 0 Å². The van der Waals surface area contributed by atoms with Crippen molar-refractivity contribution in [3.8, 4) is 55.9 Å². The fourth-order valence-corrected chi connectivity index (χ4v) is 12.8. The molecular weight excluding hydrogens is 1050 g/mol. The highest BCUT2D eigenvalue weighted by atomic mass is 15.2. The van der Waals surface area contributed by atoms with Crippen LogP contribution < -0.4 is 26.2 Å². The van der Waals surface area contributed by atoms with Crippen molar-refractivity contribution in [3.63, 3.8) is 0 Å². The number of rotatable bonds is 7. The summed E-state index contributed by atoms with van der Waals surface area (Å²) in [7, 11) is 0. The van der Waals surface area contributed by atoms with E-state index in [4.69, 9.17) is 4.98 Å². The molecule has 12 rings (SSSR count). The Morgan fingerprint density at radius 2 is 0.563 bits per heavy atom. The fourth-order valence-electron chi connectivity index (χ4n) is 12.8. The van der Waals surface area contributed by atoms with Gasteiger partial charge in [-0.15, -0.1) is 0 Å². The third-order valence-corrected chi connectivity index (χ3v) is 18.3. The maximum absolute atomic E-state index is 5.98. The Bertz CT molecular complexity index is 3910. The zero-order chi connectivity index (χ0) is 61.9. The van der Waals surface area contributed by atoms with Gasteiger partial charge in [-0.3, -0.25) is 0 Å².